The SMILES string of the molecule is CN(C)[C@@H]1C(=O)C(C(N)=O)=C(O)[C@@]2(O)C(=O)C3=C(O)c4c(ccc(CN5C(=O)c6ccccc6C5=O)c4O)C[C@@H]3C[C@H]12. The van der Waals surface area contributed by atoms with Crippen molar-refractivity contribution in [2.45, 2.75) is 31.0 Å². The molecule has 1 saturated carbocycles. The smallest absolute Gasteiger partial charge is 0.261 e. The molecule has 12 nitrogen and oxygen atoms in total. The lowest BCUT2D eigenvalue weighted by Gasteiger charge is -2.50. The number of imide groups is 1. The highest BCUT2D eigenvalue weighted by Gasteiger charge is 2.64. The van der Waals surface area contributed by atoms with Gasteiger partial charge in [0.1, 0.15) is 22.8 Å². The summed E-state index contributed by atoms with van der Waals surface area (Å²) in [5.74, 6) is -8.47. The van der Waals surface area contributed by atoms with Gasteiger partial charge in [-0.15, -0.1) is 0 Å². The Labute approximate surface area is 238 Å². The van der Waals surface area contributed by atoms with Crippen molar-refractivity contribution in [1.29, 1.82) is 0 Å². The molecule has 0 radical (unpaired) electrons. The first kappa shape index (κ1) is 27.4. The summed E-state index contributed by atoms with van der Waals surface area (Å²) in [5, 5.41) is 45.3. The summed E-state index contributed by atoms with van der Waals surface area (Å²) < 4.78 is 0. The lowest BCUT2D eigenvalue weighted by molar-refractivity contribution is -0.153. The Hall–Kier alpha value is -4.81. The zero-order chi connectivity index (χ0) is 30.4. The lowest BCUT2D eigenvalue weighted by Crippen LogP contribution is -2.65. The topological polar surface area (TPSA) is 199 Å². The van der Waals surface area contributed by atoms with Crippen molar-refractivity contribution >= 4 is 35.0 Å². The number of benzene rings is 2. The van der Waals surface area contributed by atoms with E-state index in [2.05, 4.69) is 0 Å². The molecule has 12 heteroatoms. The van der Waals surface area contributed by atoms with Crippen molar-refractivity contribution in [3.05, 3.63) is 81.1 Å². The molecule has 0 aromatic heterocycles. The number of aliphatic hydroxyl groups is 3. The van der Waals surface area contributed by atoms with E-state index in [9.17, 15) is 44.4 Å². The maximum Gasteiger partial charge on any atom is 0.261 e. The molecule has 4 atom stereocenters. The summed E-state index contributed by atoms with van der Waals surface area (Å²) in [6.07, 6.45) is 0.110. The molecule has 2 aromatic carbocycles. The average Bonchev–Trinajstić information content (AvgIpc) is 3.16. The van der Waals surface area contributed by atoms with E-state index in [1.807, 2.05) is 0 Å². The highest BCUT2D eigenvalue weighted by Crippen LogP contribution is 2.53. The predicted octanol–water partition coefficient (Wildman–Crippen LogP) is 0.760. The summed E-state index contributed by atoms with van der Waals surface area (Å²) in [4.78, 5) is 67.4. The number of aromatic hydroxyl groups is 1. The van der Waals surface area contributed by atoms with Gasteiger partial charge in [0.25, 0.3) is 17.7 Å². The number of hydrogen-bond acceptors (Lipinski definition) is 10. The molecule has 3 amide bonds. The molecule has 216 valence electrons. The number of nitrogens with zero attached hydrogens (tertiary/aromatic N) is 2. The first-order valence-electron chi connectivity index (χ1n) is 13.2. The van der Waals surface area contributed by atoms with Gasteiger partial charge in [0, 0.05) is 17.1 Å². The zero-order valence-electron chi connectivity index (χ0n) is 22.6. The Morgan fingerprint density at radius 1 is 1.02 bits per heavy atom. The number of carbonyl (C=O) groups excluding carboxylic acids is 5. The number of Topliss-reactive ketones (excluding diaryl/α,β-unsaturated/α-hetero) is 2. The third kappa shape index (κ3) is 3.45. The Kier molecular flexibility index (Phi) is 5.93. The van der Waals surface area contributed by atoms with Crippen molar-refractivity contribution in [2.75, 3.05) is 14.1 Å². The molecule has 3 aliphatic carbocycles. The molecule has 0 unspecified atom stereocenters. The molecule has 6 N–H and O–H groups in total. The van der Waals surface area contributed by atoms with Crippen LogP contribution in [0.5, 0.6) is 5.75 Å². The molecule has 6 rings (SSSR count). The van der Waals surface area contributed by atoms with Crippen LogP contribution in [0.2, 0.25) is 0 Å². The predicted molar refractivity (Wildman–Crippen MR) is 145 cm³/mol. The van der Waals surface area contributed by atoms with Gasteiger partial charge in [-0.3, -0.25) is 33.8 Å². The number of nitrogens with two attached hydrogens (primary N) is 1. The third-order valence-corrected chi connectivity index (χ3v) is 8.88. The molecule has 1 fully saturated rings. The molecule has 0 saturated heterocycles. The van der Waals surface area contributed by atoms with Crippen LogP contribution in [-0.4, -0.2) is 85.3 Å². The van der Waals surface area contributed by atoms with Crippen molar-refractivity contribution in [2.24, 2.45) is 17.6 Å². The van der Waals surface area contributed by atoms with E-state index in [4.69, 9.17) is 5.73 Å². The summed E-state index contributed by atoms with van der Waals surface area (Å²) in [5.41, 5.74) is 2.38. The summed E-state index contributed by atoms with van der Waals surface area (Å²) in [7, 11) is 3.06. The number of primary amides is 1. The van der Waals surface area contributed by atoms with E-state index in [-0.39, 0.29) is 47.2 Å². The van der Waals surface area contributed by atoms with E-state index >= 15 is 0 Å². The van der Waals surface area contributed by atoms with Gasteiger partial charge in [0.2, 0.25) is 5.78 Å². The number of phenols is 1. The maximum absolute atomic E-state index is 14.0. The minimum absolute atomic E-state index is 0.0245. The fraction of sp³-hybridized carbons (Fsp3) is 0.300. The second-order valence-corrected chi connectivity index (χ2v) is 11.3. The van der Waals surface area contributed by atoms with Crippen LogP contribution in [0.3, 0.4) is 0 Å². The van der Waals surface area contributed by atoms with Gasteiger partial charge in [-0.05, 0) is 50.6 Å². The standard InChI is InChI=1S/C30H27N3O9/c1-32(2)21-17-10-14-9-12-7-8-13(11-33-28(40)15-5-3-4-6-16(15)29(33)41)22(34)18(12)23(35)19(14)25(37)30(17,42)26(38)20(24(21)36)27(31)39/h3-8,14,17,21,34-35,38,42H,9-11H2,1-2H3,(H2,31,39)/t14-,17-,21+,30+/m1/s1. The Balaban J connectivity index is 1.44. The van der Waals surface area contributed by atoms with E-state index in [0.29, 0.717) is 5.56 Å². The van der Waals surface area contributed by atoms with E-state index in [1.165, 1.54) is 37.2 Å². The molecule has 1 aliphatic heterocycles. The van der Waals surface area contributed by atoms with Gasteiger partial charge >= 0.3 is 0 Å². The molecule has 4 aliphatic rings. The van der Waals surface area contributed by atoms with Crippen LogP contribution < -0.4 is 5.73 Å². The molecular formula is C30H27N3O9. The zero-order valence-corrected chi connectivity index (χ0v) is 22.6. The van der Waals surface area contributed by atoms with Gasteiger partial charge in [-0.25, -0.2) is 0 Å². The van der Waals surface area contributed by atoms with Crippen LogP contribution in [0, 0.1) is 11.8 Å². The highest BCUT2D eigenvalue weighted by molar-refractivity contribution is 6.24. The summed E-state index contributed by atoms with van der Waals surface area (Å²) in [6, 6.07) is 8.28. The van der Waals surface area contributed by atoms with Gasteiger partial charge in [0.15, 0.2) is 11.4 Å². The Morgan fingerprint density at radius 3 is 2.21 bits per heavy atom. The Morgan fingerprint density at radius 2 is 1.64 bits per heavy atom. The number of likely N-dealkylation sites (N-methyl/N-ethyl adjacent to an activating group) is 1. The van der Waals surface area contributed by atoms with Crippen LogP contribution in [-0.2, 0) is 27.3 Å². The molecular weight excluding hydrogens is 546 g/mol. The number of aliphatic hydroxyl groups excluding tert-OH is 2. The molecule has 0 spiro atoms. The quantitative estimate of drug-likeness (QED) is 0.257. The van der Waals surface area contributed by atoms with Crippen LogP contribution in [0.4, 0.5) is 0 Å². The van der Waals surface area contributed by atoms with E-state index in [1.54, 1.807) is 18.2 Å². The number of fused-ring (bicyclic) bond motifs is 4. The second kappa shape index (κ2) is 9.10. The minimum atomic E-state index is -2.74. The Bertz CT molecular complexity index is 1690. The summed E-state index contributed by atoms with van der Waals surface area (Å²) >= 11 is 0. The lowest BCUT2D eigenvalue weighted by atomic mass is 9.57. The molecule has 2 aromatic rings. The maximum atomic E-state index is 14.0. The fourth-order valence-electron chi connectivity index (χ4n) is 6.94. The van der Waals surface area contributed by atoms with Crippen molar-refractivity contribution in [1.82, 2.24) is 9.80 Å². The summed E-state index contributed by atoms with van der Waals surface area (Å²) in [6.45, 7) is -0.310. The number of amides is 3. The fourth-order valence-corrected chi connectivity index (χ4v) is 6.94. The highest BCUT2D eigenvalue weighted by atomic mass is 16.3. The van der Waals surface area contributed by atoms with Crippen LogP contribution >= 0.6 is 0 Å². The second-order valence-electron chi connectivity index (χ2n) is 11.3. The average molecular weight is 574 g/mol. The van der Waals surface area contributed by atoms with Gasteiger partial charge in [0.05, 0.1) is 29.3 Å². The first-order chi connectivity index (χ1) is 19.8. The van der Waals surface area contributed by atoms with Gasteiger partial charge in [-0.1, -0.05) is 24.3 Å². The van der Waals surface area contributed by atoms with Crippen molar-refractivity contribution < 1.29 is 44.4 Å². The molecule has 42 heavy (non-hydrogen) atoms. The number of rotatable bonds is 4. The van der Waals surface area contributed by atoms with Crippen molar-refractivity contribution in [3.63, 3.8) is 0 Å². The van der Waals surface area contributed by atoms with Gasteiger partial charge < -0.3 is 26.2 Å². The monoisotopic (exact) mass is 573 g/mol. The van der Waals surface area contributed by atoms with Gasteiger partial charge in [-0.2, -0.15) is 0 Å². The number of phenolic OH excluding ortho intramolecular Hbond substituents is 1. The van der Waals surface area contributed by atoms with E-state index in [0.717, 1.165) is 4.90 Å². The number of ketones is 2. The van der Waals surface area contributed by atoms with Crippen molar-refractivity contribution in [3.8, 4) is 5.75 Å². The largest absolute Gasteiger partial charge is 0.508 e. The first-order valence-corrected chi connectivity index (χ1v) is 13.2. The number of hydrogen-bond donors (Lipinski definition) is 5. The molecule has 0 bridgehead atoms. The normalized spacial score (nSPS) is 26.9. The van der Waals surface area contributed by atoms with Crippen LogP contribution in [0.15, 0.2) is 53.3 Å². The minimum Gasteiger partial charge on any atom is -0.508 e. The van der Waals surface area contributed by atoms with Crippen LogP contribution in [0.25, 0.3) is 5.76 Å². The third-order valence-electron chi connectivity index (χ3n) is 8.88. The van der Waals surface area contributed by atoms with Crippen LogP contribution in [0.1, 0.15) is 43.8 Å². The molecule has 1 heterocycles. The van der Waals surface area contributed by atoms with E-state index < -0.39 is 75.6 Å². The number of carbonyl (C=O) groups is 5.